The van der Waals surface area contributed by atoms with E-state index in [0.29, 0.717) is 19.1 Å². The second-order valence-electron chi connectivity index (χ2n) is 5.73. The van der Waals surface area contributed by atoms with Crippen LogP contribution in [0.3, 0.4) is 0 Å². The molecule has 2 fully saturated rings. The van der Waals surface area contributed by atoms with Gasteiger partial charge in [0.25, 0.3) is 0 Å². The van der Waals surface area contributed by atoms with Crippen LogP contribution in [0.1, 0.15) is 38.5 Å². The summed E-state index contributed by atoms with van der Waals surface area (Å²) in [5.41, 5.74) is 0. The summed E-state index contributed by atoms with van der Waals surface area (Å²) in [6.45, 7) is 2.30. The Bertz CT molecular complexity index is 327. The first-order valence-corrected chi connectivity index (χ1v) is 7.22. The molecule has 108 valence electrons. The summed E-state index contributed by atoms with van der Waals surface area (Å²) in [5, 5.41) is 8.81. The van der Waals surface area contributed by atoms with Gasteiger partial charge in [0.05, 0.1) is 6.61 Å². The molecule has 1 aliphatic carbocycles. The molecule has 0 spiro atoms. The molecule has 0 unspecified atom stereocenters. The Morgan fingerprint density at radius 2 is 1.89 bits per heavy atom. The van der Waals surface area contributed by atoms with Gasteiger partial charge in [-0.05, 0) is 43.9 Å². The molecule has 1 heterocycles. The number of hydrogen-bond acceptors (Lipinski definition) is 3. The predicted octanol–water partition coefficient (Wildman–Crippen LogP) is 1.52. The highest BCUT2D eigenvalue weighted by Gasteiger charge is 2.24. The smallest absolute Gasteiger partial charge is 0.303 e. The Morgan fingerprint density at radius 1 is 1.11 bits per heavy atom. The van der Waals surface area contributed by atoms with Crippen molar-refractivity contribution >= 4 is 11.9 Å². The third kappa shape index (κ3) is 5.19. The van der Waals surface area contributed by atoms with Crippen molar-refractivity contribution in [2.24, 2.45) is 11.8 Å². The van der Waals surface area contributed by atoms with Crippen LogP contribution < -0.4 is 0 Å². The quantitative estimate of drug-likeness (QED) is 0.794. The van der Waals surface area contributed by atoms with Crippen LogP contribution in [0.25, 0.3) is 0 Å². The van der Waals surface area contributed by atoms with Crippen molar-refractivity contribution in [2.75, 3.05) is 26.3 Å². The van der Waals surface area contributed by atoms with Crippen LogP contribution in [0.4, 0.5) is 0 Å². The Labute approximate surface area is 113 Å². The maximum absolute atomic E-state index is 12.0. The minimum Gasteiger partial charge on any atom is -0.481 e. The summed E-state index contributed by atoms with van der Waals surface area (Å²) in [6, 6.07) is 0. The third-order valence-corrected chi connectivity index (χ3v) is 3.94. The lowest BCUT2D eigenvalue weighted by Crippen LogP contribution is -2.35. The van der Waals surface area contributed by atoms with Gasteiger partial charge < -0.3 is 14.7 Å². The Hall–Kier alpha value is -1.10. The number of nitrogens with zero attached hydrogens (tertiary/aromatic N) is 1. The number of carbonyl (C=O) groups excluding carboxylic acids is 1. The molecule has 2 aliphatic rings. The standard InChI is InChI=1S/C14H23NO4/c16-13(10-19-9-12-3-4-12)15-6-1-2-11(5-7-15)8-14(17)18/h11-12H,1-10H2,(H,17,18)/t11-/m1/s1. The number of carboxylic acid groups (broad SMARTS) is 1. The van der Waals surface area contributed by atoms with Gasteiger partial charge in [0.1, 0.15) is 6.61 Å². The van der Waals surface area contributed by atoms with Gasteiger partial charge in [-0.2, -0.15) is 0 Å². The molecule has 0 radical (unpaired) electrons. The number of aliphatic carboxylic acids is 1. The molecule has 0 bridgehead atoms. The molecule has 1 amide bonds. The van der Waals surface area contributed by atoms with Crippen molar-refractivity contribution < 1.29 is 19.4 Å². The van der Waals surface area contributed by atoms with E-state index in [9.17, 15) is 9.59 Å². The van der Waals surface area contributed by atoms with E-state index in [0.717, 1.165) is 25.8 Å². The average molecular weight is 269 g/mol. The fourth-order valence-corrected chi connectivity index (χ4v) is 2.55. The van der Waals surface area contributed by atoms with E-state index < -0.39 is 5.97 Å². The lowest BCUT2D eigenvalue weighted by molar-refractivity contribution is -0.138. The number of rotatable bonds is 6. The third-order valence-electron chi connectivity index (χ3n) is 3.94. The molecule has 1 aliphatic heterocycles. The van der Waals surface area contributed by atoms with Crippen molar-refractivity contribution in [3.8, 4) is 0 Å². The largest absolute Gasteiger partial charge is 0.481 e. The maximum Gasteiger partial charge on any atom is 0.303 e. The predicted molar refractivity (Wildman–Crippen MR) is 69.7 cm³/mol. The van der Waals surface area contributed by atoms with Gasteiger partial charge in [-0.25, -0.2) is 0 Å². The number of hydrogen-bond donors (Lipinski definition) is 1. The normalized spacial score (nSPS) is 24.0. The molecular formula is C14H23NO4. The molecule has 5 heteroatoms. The molecule has 1 saturated heterocycles. The molecule has 0 aromatic heterocycles. The summed E-state index contributed by atoms with van der Waals surface area (Å²) in [4.78, 5) is 24.5. The van der Waals surface area contributed by atoms with Crippen molar-refractivity contribution in [1.29, 1.82) is 0 Å². The SMILES string of the molecule is O=C(O)C[C@@H]1CCCN(C(=O)COCC2CC2)CC1. The Kier molecular flexibility index (Phi) is 5.19. The highest BCUT2D eigenvalue weighted by molar-refractivity contribution is 5.77. The zero-order chi connectivity index (χ0) is 13.7. The van der Waals surface area contributed by atoms with Gasteiger partial charge >= 0.3 is 5.97 Å². The van der Waals surface area contributed by atoms with E-state index in [2.05, 4.69) is 0 Å². The number of likely N-dealkylation sites (tertiary alicyclic amines) is 1. The van der Waals surface area contributed by atoms with E-state index in [1.54, 1.807) is 0 Å². The van der Waals surface area contributed by atoms with E-state index in [1.807, 2.05) is 4.90 Å². The number of carbonyl (C=O) groups is 2. The van der Waals surface area contributed by atoms with E-state index in [-0.39, 0.29) is 24.9 Å². The first-order chi connectivity index (χ1) is 9.15. The maximum atomic E-state index is 12.0. The minimum atomic E-state index is -0.738. The van der Waals surface area contributed by atoms with Crippen molar-refractivity contribution in [2.45, 2.75) is 38.5 Å². The van der Waals surface area contributed by atoms with Crippen molar-refractivity contribution in [1.82, 2.24) is 4.90 Å². The second-order valence-corrected chi connectivity index (χ2v) is 5.73. The fourth-order valence-electron chi connectivity index (χ4n) is 2.55. The van der Waals surface area contributed by atoms with Crippen LogP contribution >= 0.6 is 0 Å². The van der Waals surface area contributed by atoms with Crippen LogP contribution in [0.2, 0.25) is 0 Å². The van der Waals surface area contributed by atoms with Gasteiger partial charge in [-0.1, -0.05) is 0 Å². The molecule has 2 rings (SSSR count). The summed E-state index contributed by atoms with van der Waals surface area (Å²) in [6.07, 6.45) is 5.27. The minimum absolute atomic E-state index is 0.0524. The molecule has 0 aromatic carbocycles. The van der Waals surface area contributed by atoms with Gasteiger partial charge in [-0.15, -0.1) is 0 Å². The number of ether oxygens (including phenoxy) is 1. The zero-order valence-corrected chi connectivity index (χ0v) is 11.3. The summed E-state index contributed by atoms with van der Waals surface area (Å²) < 4.78 is 5.42. The molecule has 1 atom stereocenters. The molecule has 1 N–H and O–H groups in total. The highest BCUT2D eigenvalue weighted by Crippen LogP contribution is 2.28. The number of carboxylic acids is 1. The first-order valence-electron chi connectivity index (χ1n) is 7.22. The molecule has 1 saturated carbocycles. The van der Waals surface area contributed by atoms with Gasteiger partial charge in [0.2, 0.25) is 5.91 Å². The van der Waals surface area contributed by atoms with E-state index >= 15 is 0 Å². The highest BCUT2D eigenvalue weighted by atomic mass is 16.5. The van der Waals surface area contributed by atoms with Crippen LogP contribution in [0.15, 0.2) is 0 Å². The van der Waals surface area contributed by atoms with Crippen LogP contribution in [-0.2, 0) is 14.3 Å². The number of amides is 1. The average Bonchev–Trinajstić information content (AvgIpc) is 3.15. The summed E-state index contributed by atoms with van der Waals surface area (Å²) in [5.74, 6) is 0.203. The van der Waals surface area contributed by atoms with Gasteiger partial charge in [-0.3, -0.25) is 9.59 Å². The van der Waals surface area contributed by atoms with E-state index in [1.165, 1.54) is 12.8 Å². The van der Waals surface area contributed by atoms with Gasteiger partial charge in [0.15, 0.2) is 0 Å². The van der Waals surface area contributed by atoms with Crippen molar-refractivity contribution in [3.63, 3.8) is 0 Å². The lowest BCUT2D eigenvalue weighted by atomic mass is 9.97. The second kappa shape index (κ2) is 6.89. The Morgan fingerprint density at radius 3 is 2.58 bits per heavy atom. The molecule has 19 heavy (non-hydrogen) atoms. The Balaban J connectivity index is 1.68. The monoisotopic (exact) mass is 269 g/mol. The molecular weight excluding hydrogens is 246 g/mol. The van der Waals surface area contributed by atoms with Crippen LogP contribution in [0, 0.1) is 11.8 Å². The lowest BCUT2D eigenvalue weighted by Gasteiger charge is -2.20. The zero-order valence-electron chi connectivity index (χ0n) is 11.3. The van der Waals surface area contributed by atoms with E-state index in [4.69, 9.17) is 9.84 Å². The topological polar surface area (TPSA) is 66.8 Å². The van der Waals surface area contributed by atoms with Gasteiger partial charge in [0, 0.05) is 19.5 Å². The summed E-state index contributed by atoms with van der Waals surface area (Å²) in [7, 11) is 0. The molecule has 5 nitrogen and oxygen atoms in total. The molecule has 0 aromatic rings. The van der Waals surface area contributed by atoms with Crippen LogP contribution in [-0.4, -0.2) is 48.2 Å². The summed E-state index contributed by atoms with van der Waals surface area (Å²) >= 11 is 0. The fraction of sp³-hybridized carbons (Fsp3) is 0.857. The first kappa shape index (κ1) is 14.3. The van der Waals surface area contributed by atoms with Crippen LogP contribution in [0.5, 0.6) is 0 Å². The van der Waals surface area contributed by atoms with Crippen molar-refractivity contribution in [3.05, 3.63) is 0 Å².